The van der Waals surface area contributed by atoms with Gasteiger partial charge < -0.3 is 20.9 Å². The number of nitrogens with two attached hydrogens (primary N) is 1. The van der Waals surface area contributed by atoms with Gasteiger partial charge in [-0.15, -0.1) is 0 Å². The zero-order valence-corrected chi connectivity index (χ0v) is 23.9. The molecule has 3 aromatic rings. The molecule has 4 N–H and O–H groups in total. The highest BCUT2D eigenvalue weighted by atomic mass is 127. The number of ether oxygens (including phenoxy) is 1. The van der Waals surface area contributed by atoms with Crippen LogP contribution >= 0.6 is 22.6 Å². The summed E-state index contributed by atoms with van der Waals surface area (Å²) in [6.45, 7) is 0.311. The van der Waals surface area contributed by atoms with Gasteiger partial charge in [0.05, 0.1) is 31.1 Å². The Kier molecular flexibility index (Phi) is 9.03. The number of hydrogen-bond acceptors (Lipinski definition) is 7. The van der Waals surface area contributed by atoms with Crippen LogP contribution < -0.4 is 15.8 Å². The number of carbonyl (C=O) groups excluding carboxylic acids is 1. The van der Waals surface area contributed by atoms with E-state index in [2.05, 4.69) is 32.9 Å². The molecule has 2 aromatic carbocycles. The summed E-state index contributed by atoms with van der Waals surface area (Å²) in [5.74, 6) is -5.16. The van der Waals surface area contributed by atoms with Crippen molar-refractivity contribution in [1.82, 2.24) is 9.29 Å². The first-order valence-corrected chi connectivity index (χ1v) is 14.6. The first-order chi connectivity index (χ1) is 18.5. The number of aryl methyl sites for hydroxylation is 1. The van der Waals surface area contributed by atoms with Crippen LogP contribution in [0.4, 0.5) is 20.2 Å². The fraction of sp³-hybridized carbons (Fsp3) is 0.308. The molecule has 0 saturated heterocycles. The number of hydrogen-bond donors (Lipinski definition) is 3. The van der Waals surface area contributed by atoms with Gasteiger partial charge in [0.1, 0.15) is 5.56 Å². The third-order valence-electron chi connectivity index (χ3n) is 6.16. The number of nitrogens with zero attached hydrogens (tertiary/aromatic N) is 2. The Morgan fingerprint density at radius 2 is 2.00 bits per heavy atom. The van der Waals surface area contributed by atoms with Crippen LogP contribution in [0.1, 0.15) is 34.5 Å². The number of sulfonamides is 1. The fourth-order valence-corrected chi connectivity index (χ4v) is 6.19. The van der Waals surface area contributed by atoms with Gasteiger partial charge in [0.15, 0.2) is 22.3 Å². The molecule has 1 amide bonds. The molecule has 0 aliphatic heterocycles. The normalized spacial score (nSPS) is 13.5. The van der Waals surface area contributed by atoms with Crippen LogP contribution in [-0.2, 0) is 16.6 Å². The molecule has 208 valence electrons. The third kappa shape index (κ3) is 6.48. The predicted octanol–water partition coefficient (Wildman–Crippen LogP) is 4.09. The summed E-state index contributed by atoms with van der Waals surface area (Å²) in [5.41, 5.74) is 5.70. The minimum absolute atomic E-state index is 0.0177. The fourth-order valence-electron chi connectivity index (χ4n) is 3.95. The Labute approximate surface area is 238 Å². The van der Waals surface area contributed by atoms with Gasteiger partial charge in [0.2, 0.25) is 10.0 Å². The average Bonchev–Trinajstić information content (AvgIpc) is 3.71. The number of carbonyl (C=O) groups is 1. The lowest BCUT2D eigenvalue weighted by Crippen LogP contribution is -2.35. The first-order valence-electron chi connectivity index (χ1n) is 12.1. The zero-order chi connectivity index (χ0) is 28.3. The second-order valence-electron chi connectivity index (χ2n) is 9.12. The molecule has 13 heteroatoms. The van der Waals surface area contributed by atoms with E-state index in [0.29, 0.717) is 16.9 Å². The Balaban J connectivity index is 1.91. The molecule has 0 unspecified atom stereocenters. The van der Waals surface area contributed by atoms with Crippen LogP contribution in [0.15, 0.2) is 47.5 Å². The standard InChI is InChI=1S/C26H27F2IN4O5S/c1-15-12-17(29)7-8-19(15)32-23-20(26(30)35)24(38-14-16-5-6-16)25(22(28)21(23)27)39(36,37)33(10-11-34)13-18-4-2-3-9-31-18/h2-4,7-9,12,16,32,34H,5-6,10-11,13-14H2,1H3,(H2,30,35). The van der Waals surface area contributed by atoms with E-state index in [-0.39, 0.29) is 19.1 Å². The van der Waals surface area contributed by atoms with Crippen molar-refractivity contribution >= 4 is 49.9 Å². The highest BCUT2D eigenvalue weighted by Crippen LogP contribution is 2.42. The number of primary amides is 1. The highest BCUT2D eigenvalue weighted by Gasteiger charge is 2.39. The first kappa shape index (κ1) is 29.1. The summed E-state index contributed by atoms with van der Waals surface area (Å²) in [7, 11) is -4.88. The molecular formula is C26H27F2IN4O5S. The predicted molar refractivity (Wildman–Crippen MR) is 149 cm³/mol. The summed E-state index contributed by atoms with van der Waals surface area (Å²) in [6, 6.07) is 9.94. The van der Waals surface area contributed by atoms with Gasteiger partial charge in [-0.05, 0) is 84.2 Å². The van der Waals surface area contributed by atoms with Crippen LogP contribution in [0, 0.1) is 28.0 Å². The SMILES string of the molecule is Cc1cc(I)ccc1Nc1c(F)c(F)c(S(=O)(=O)N(CCO)Cc2ccccn2)c(OCC2CC2)c1C(N)=O. The van der Waals surface area contributed by atoms with Crippen molar-refractivity contribution < 1.29 is 31.8 Å². The van der Waals surface area contributed by atoms with Crippen LogP contribution in [0.25, 0.3) is 0 Å². The van der Waals surface area contributed by atoms with Crippen molar-refractivity contribution in [2.24, 2.45) is 11.7 Å². The van der Waals surface area contributed by atoms with Crippen LogP contribution in [0.5, 0.6) is 5.75 Å². The maximum Gasteiger partial charge on any atom is 0.254 e. The molecule has 0 radical (unpaired) electrons. The van der Waals surface area contributed by atoms with E-state index in [1.807, 2.05) is 0 Å². The molecule has 1 saturated carbocycles. The lowest BCUT2D eigenvalue weighted by atomic mass is 10.1. The summed E-state index contributed by atoms with van der Waals surface area (Å²) < 4.78 is 66.7. The second kappa shape index (κ2) is 12.1. The summed E-state index contributed by atoms with van der Waals surface area (Å²) in [6.07, 6.45) is 3.06. The molecule has 1 aliphatic rings. The van der Waals surface area contributed by atoms with E-state index in [1.165, 1.54) is 6.20 Å². The van der Waals surface area contributed by atoms with E-state index >= 15 is 8.78 Å². The topological polar surface area (TPSA) is 135 Å². The molecular weight excluding hydrogens is 645 g/mol. The second-order valence-corrected chi connectivity index (χ2v) is 12.2. The van der Waals surface area contributed by atoms with Crippen molar-refractivity contribution in [2.75, 3.05) is 25.1 Å². The molecule has 1 heterocycles. The maximum atomic E-state index is 15.9. The maximum absolute atomic E-state index is 15.9. The number of pyridine rings is 1. The molecule has 0 atom stereocenters. The Hall–Kier alpha value is -2.88. The Morgan fingerprint density at radius 1 is 1.26 bits per heavy atom. The van der Waals surface area contributed by atoms with Crippen molar-refractivity contribution in [2.45, 2.75) is 31.2 Å². The van der Waals surface area contributed by atoms with Crippen LogP contribution in [-0.4, -0.2) is 48.5 Å². The minimum Gasteiger partial charge on any atom is -0.491 e. The number of aromatic nitrogens is 1. The molecule has 1 aromatic heterocycles. The number of aliphatic hydroxyl groups is 1. The van der Waals surface area contributed by atoms with Gasteiger partial charge in [-0.2, -0.15) is 4.31 Å². The van der Waals surface area contributed by atoms with E-state index in [0.717, 1.165) is 20.7 Å². The number of halogens is 3. The van der Waals surface area contributed by atoms with Gasteiger partial charge in [-0.3, -0.25) is 9.78 Å². The van der Waals surface area contributed by atoms with E-state index in [9.17, 15) is 18.3 Å². The highest BCUT2D eigenvalue weighted by molar-refractivity contribution is 14.1. The van der Waals surface area contributed by atoms with Gasteiger partial charge in [-0.25, -0.2) is 17.2 Å². The monoisotopic (exact) mass is 672 g/mol. The van der Waals surface area contributed by atoms with Crippen LogP contribution in [0.3, 0.4) is 0 Å². The van der Waals surface area contributed by atoms with E-state index < -0.39 is 62.6 Å². The molecule has 39 heavy (non-hydrogen) atoms. The van der Waals surface area contributed by atoms with Crippen molar-refractivity contribution in [3.05, 3.63) is 74.6 Å². The van der Waals surface area contributed by atoms with Gasteiger partial charge in [-0.1, -0.05) is 6.07 Å². The van der Waals surface area contributed by atoms with E-state index in [4.69, 9.17) is 10.5 Å². The molecule has 0 spiro atoms. The number of amides is 1. The Morgan fingerprint density at radius 3 is 2.59 bits per heavy atom. The number of nitrogens with one attached hydrogen (secondary N) is 1. The molecule has 4 rings (SSSR count). The average molecular weight is 672 g/mol. The van der Waals surface area contributed by atoms with Crippen molar-refractivity contribution in [3.63, 3.8) is 0 Å². The molecule has 1 fully saturated rings. The van der Waals surface area contributed by atoms with Gasteiger partial charge >= 0.3 is 0 Å². The Bertz CT molecular complexity index is 1490. The number of benzene rings is 2. The summed E-state index contributed by atoms with van der Waals surface area (Å²) >= 11 is 2.09. The van der Waals surface area contributed by atoms with Gasteiger partial charge in [0, 0.05) is 22.0 Å². The number of anilines is 2. The number of aliphatic hydroxyl groups excluding tert-OH is 1. The molecule has 1 aliphatic carbocycles. The zero-order valence-electron chi connectivity index (χ0n) is 21.0. The van der Waals surface area contributed by atoms with Crippen molar-refractivity contribution in [1.29, 1.82) is 0 Å². The largest absolute Gasteiger partial charge is 0.491 e. The summed E-state index contributed by atoms with van der Waals surface area (Å²) in [5, 5.41) is 12.3. The van der Waals surface area contributed by atoms with Crippen molar-refractivity contribution in [3.8, 4) is 5.75 Å². The number of rotatable bonds is 12. The van der Waals surface area contributed by atoms with Crippen LogP contribution in [0.2, 0.25) is 0 Å². The lowest BCUT2D eigenvalue weighted by molar-refractivity contribution is 0.0995. The molecule has 9 nitrogen and oxygen atoms in total. The quantitative estimate of drug-likeness (QED) is 0.247. The smallest absolute Gasteiger partial charge is 0.254 e. The van der Waals surface area contributed by atoms with E-state index in [1.54, 1.807) is 43.3 Å². The molecule has 0 bridgehead atoms. The van der Waals surface area contributed by atoms with Gasteiger partial charge in [0.25, 0.3) is 5.91 Å². The third-order valence-corrected chi connectivity index (χ3v) is 8.70. The summed E-state index contributed by atoms with van der Waals surface area (Å²) in [4.78, 5) is 15.6. The lowest BCUT2D eigenvalue weighted by Gasteiger charge is -2.25. The minimum atomic E-state index is -4.88.